The van der Waals surface area contributed by atoms with Gasteiger partial charge in [0.25, 0.3) is 0 Å². The SMILES string of the molecule is CCCC[C@H]1CC[C@H](CC[C@H]2CO[C@H](c3ccc(F)cc3)OC2)CC1. The molecule has 3 heteroatoms. The molecule has 0 spiro atoms. The van der Waals surface area contributed by atoms with Gasteiger partial charge in [-0.1, -0.05) is 70.4 Å². The molecule has 1 aromatic rings. The lowest BCUT2D eigenvalue weighted by atomic mass is 9.77. The molecular weight excluding hydrogens is 315 g/mol. The highest BCUT2D eigenvalue weighted by atomic mass is 19.1. The second-order valence-electron chi connectivity index (χ2n) is 8.02. The first-order chi connectivity index (χ1) is 12.2. The van der Waals surface area contributed by atoms with Gasteiger partial charge in [0.05, 0.1) is 13.2 Å². The van der Waals surface area contributed by atoms with E-state index in [2.05, 4.69) is 6.92 Å². The summed E-state index contributed by atoms with van der Waals surface area (Å²) in [5, 5.41) is 0. The van der Waals surface area contributed by atoms with E-state index in [1.54, 1.807) is 12.1 Å². The van der Waals surface area contributed by atoms with Crippen molar-refractivity contribution in [1.82, 2.24) is 0 Å². The van der Waals surface area contributed by atoms with Crippen LogP contribution in [0, 0.1) is 23.6 Å². The quantitative estimate of drug-likeness (QED) is 0.578. The first-order valence-electron chi connectivity index (χ1n) is 10.2. The van der Waals surface area contributed by atoms with E-state index in [0.717, 1.165) is 30.6 Å². The second-order valence-corrected chi connectivity index (χ2v) is 8.02. The highest BCUT2D eigenvalue weighted by Gasteiger charge is 2.26. The summed E-state index contributed by atoms with van der Waals surface area (Å²) < 4.78 is 24.7. The number of unbranched alkanes of at least 4 members (excludes halogenated alkanes) is 1. The van der Waals surface area contributed by atoms with E-state index in [0.29, 0.717) is 5.92 Å². The molecule has 1 heterocycles. The van der Waals surface area contributed by atoms with Crippen molar-refractivity contribution in [2.24, 2.45) is 17.8 Å². The van der Waals surface area contributed by atoms with Gasteiger partial charge < -0.3 is 9.47 Å². The van der Waals surface area contributed by atoms with Crippen LogP contribution in [0.15, 0.2) is 24.3 Å². The third-order valence-electron chi connectivity index (χ3n) is 6.02. The minimum Gasteiger partial charge on any atom is -0.348 e. The molecular formula is C22H33FO2. The molecule has 2 aliphatic rings. The van der Waals surface area contributed by atoms with E-state index >= 15 is 0 Å². The smallest absolute Gasteiger partial charge is 0.183 e. The van der Waals surface area contributed by atoms with Crippen molar-refractivity contribution in [2.75, 3.05) is 13.2 Å². The Labute approximate surface area is 152 Å². The van der Waals surface area contributed by atoms with Crippen LogP contribution >= 0.6 is 0 Å². The molecule has 25 heavy (non-hydrogen) atoms. The van der Waals surface area contributed by atoms with Crippen LogP contribution in [0.3, 0.4) is 0 Å². The van der Waals surface area contributed by atoms with Crippen molar-refractivity contribution < 1.29 is 13.9 Å². The molecule has 1 saturated heterocycles. The van der Waals surface area contributed by atoms with Crippen LogP contribution in [0.1, 0.15) is 76.6 Å². The van der Waals surface area contributed by atoms with Crippen LogP contribution < -0.4 is 0 Å². The van der Waals surface area contributed by atoms with Gasteiger partial charge >= 0.3 is 0 Å². The zero-order valence-electron chi connectivity index (χ0n) is 15.6. The Bertz CT molecular complexity index is 485. The molecule has 1 aromatic carbocycles. The topological polar surface area (TPSA) is 18.5 Å². The summed E-state index contributed by atoms with van der Waals surface area (Å²) in [4.78, 5) is 0. The molecule has 1 saturated carbocycles. The Balaban J connectivity index is 1.32. The summed E-state index contributed by atoms with van der Waals surface area (Å²) in [6, 6.07) is 6.42. The number of benzene rings is 1. The van der Waals surface area contributed by atoms with E-state index in [1.807, 2.05) is 0 Å². The summed E-state index contributed by atoms with van der Waals surface area (Å²) >= 11 is 0. The maximum Gasteiger partial charge on any atom is 0.183 e. The fourth-order valence-corrected chi connectivity index (χ4v) is 4.30. The van der Waals surface area contributed by atoms with Gasteiger partial charge in [0.15, 0.2) is 6.29 Å². The predicted octanol–water partition coefficient (Wildman–Crippen LogP) is 6.26. The van der Waals surface area contributed by atoms with E-state index in [-0.39, 0.29) is 12.1 Å². The Morgan fingerprint density at radius 3 is 2.00 bits per heavy atom. The molecule has 0 amide bonds. The van der Waals surface area contributed by atoms with Crippen molar-refractivity contribution in [3.63, 3.8) is 0 Å². The lowest BCUT2D eigenvalue weighted by molar-refractivity contribution is -0.206. The first kappa shape index (κ1) is 18.8. The van der Waals surface area contributed by atoms with Gasteiger partial charge in [-0.05, 0) is 30.4 Å². The summed E-state index contributed by atoms with van der Waals surface area (Å²) in [5.41, 5.74) is 0.908. The molecule has 140 valence electrons. The molecule has 0 radical (unpaired) electrons. The Morgan fingerprint density at radius 1 is 0.840 bits per heavy atom. The molecule has 3 rings (SSSR count). The van der Waals surface area contributed by atoms with Gasteiger partial charge in [-0.25, -0.2) is 4.39 Å². The maximum absolute atomic E-state index is 13.0. The van der Waals surface area contributed by atoms with Crippen LogP contribution in [-0.2, 0) is 9.47 Å². The van der Waals surface area contributed by atoms with Crippen molar-refractivity contribution in [2.45, 2.75) is 71.0 Å². The number of ether oxygens (including phenoxy) is 2. The Morgan fingerprint density at radius 2 is 1.40 bits per heavy atom. The number of halogens is 1. The zero-order valence-corrected chi connectivity index (χ0v) is 15.6. The largest absolute Gasteiger partial charge is 0.348 e. The molecule has 2 nitrogen and oxygen atoms in total. The monoisotopic (exact) mass is 348 g/mol. The van der Waals surface area contributed by atoms with Crippen LogP contribution in [0.4, 0.5) is 4.39 Å². The van der Waals surface area contributed by atoms with Crippen molar-refractivity contribution in [3.8, 4) is 0 Å². The van der Waals surface area contributed by atoms with E-state index < -0.39 is 0 Å². The van der Waals surface area contributed by atoms with E-state index in [9.17, 15) is 4.39 Å². The summed E-state index contributed by atoms with van der Waals surface area (Å²) in [6.07, 6.45) is 12.1. The van der Waals surface area contributed by atoms with Crippen molar-refractivity contribution in [3.05, 3.63) is 35.6 Å². The first-order valence-corrected chi connectivity index (χ1v) is 10.2. The highest BCUT2D eigenvalue weighted by Crippen LogP contribution is 2.35. The third-order valence-corrected chi connectivity index (χ3v) is 6.02. The number of hydrogen-bond acceptors (Lipinski definition) is 2. The van der Waals surface area contributed by atoms with Gasteiger partial charge in [0, 0.05) is 11.5 Å². The molecule has 0 N–H and O–H groups in total. The molecule has 2 fully saturated rings. The number of rotatable bonds is 7. The van der Waals surface area contributed by atoms with Crippen LogP contribution in [0.25, 0.3) is 0 Å². The minimum absolute atomic E-state index is 0.221. The summed E-state index contributed by atoms with van der Waals surface area (Å²) in [6.45, 7) is 3.81. The third kappa shape index (κ3) is 5.79. The molecule has 0 unspecified atom stereocenters. The minimum atomic E-state index is -0.328. The molecule has 0 aromatic heterocycles. The maximum atomic E-state index is 13.0. The molecule has 1 aliphatic carbocycles. The van der Waals surface area contributed by atoms with Crippen molar-refractivity contribution >= 4 is 0 Å². The standard InChI is InChI=1S/C22H33FO2/c1-2-3-4-17-5-7-18(8-6-17)9-10-19-15-24-22(25-16-19)20-11-13-21(23)14-12-20/h11-14,17-19,22H,2-10,15-16H2,1H3/t17-,18-,19-,22-. The fraction of sp³-hybridized carbons (Fsp3) is 0.727. The highest BCUT2D eigenvalue weighted by molar-refractivity contribution is 5.17. The zero-order chi connectivity index (χ0) is 17.5. The summed E-state index contributed by atoms with van der Waals surface area (Å²) in [7, 11) is 0. The van der Waals surface area contributed by atoms with E-state index in [1.165, 1.54) is 69.9 Å². The van der Waals surface area contributed by atoms with Crippen LogP contribution in [-0.4, -0.2) is 13.2 Å². The molecule has 1 aliphatic heterocycles. The Hall–Kier alpha value is -0.930. The predicted molar refractivity (Wildman–Crippen MR) is 98.7 cm³/mol. The van der Waals surface area contributed by atoms with Gasteiger partial charge in [-0.3, -0.25) is 0 Å². The van der Waals surface area contributed by atoms with Gasteiger partial charge in [-0.2, -0.15) is 0 Å². The van der Waals surface area contributed by atoms with Gasteiger partial charge in [-0.15, -0.1) is 0 Å². The average molecular weight is 349 g/mol. The Kier molecular flexibility index (Phi) is 7.30. The average Bonchev–Trinajstić information content (AvgIpc) is 2.67. The van der Waals surface area contributed by atoms with Gasteiger partial charge in [0.2, 0.25) is 0 Å². The van der Waals surface area contributed by atoms with Crippen molar-refractivity contribution in [1.29, 1.82) is 0 Å². The van der Waals surface area contributed by atoms with Crippen LogP contribution in [0.2, 0.25) is 0 Å². The normalized spacial score (nSPS) is 30.3. The molecule has 0 atom stereocenters. The fourth-order valence-electron chi connectivity index (χ4n) is 4.30. The summed E-state index contributed by atoms with van der Waals surface area (Å²) in [5.74, 6) is 2.19. The van der Waals surface area contributed by atoms with E-state index in [4.69, 9.17) is 9.47 Å². The molecule has 0 bridgehead atoms. The second kappa shape index (κ2) is 9.68. The van der Waals surface area contributed by atoms with Crippen LogP contribution in [0.5, 0.6) is 0 Å². The lowest BCUT2D eigenvalue weighted by Gasteiger charge is -2.32. The van der Waals surface area contributed by atoms with Gasteiger partial charge in [0.1, 0.15) is 5.82 Å². The lowest BCUT2D eigenvalue weighted by Crippen LogP contribution is -2.28. The number of hydrogen-bond donors (Lipinski definition) is 0.